The molecule has 3 rings (SSSR count). The Hall–Kier alpha value is -3.72. The Morgan fingerprint density at radius 2 is 1.74 bits per heavy atom. The van der Waals surface area contributed by atoms with Crippen LogP contribution in [-0.4, -0.2) is 22.4 Å². The summed E-state index contributed by atoms with van der Waals surface area (Å²) in [5.74, 6) is 0.286. The van der Waals surface area contributed by atoms with E-state index in [9.17, 15) is 4.79 Å². The van der Waals surface area contributed by atoms with E-state index >= 15 is 0 Å². The highest BCUT2D eigenvalue weighted by Crippen LogP contribution is 2.14. The number of benzene rings is 2. The average Bonchev–Trinajstić information content (AvgIpc) is 2.73. The van der Waals surface area contributed by atoms with Gasteiger partial charge in [0, 0.05) is 31.2 Å². The molecule has 0 atom stereocenters. The van der Waals surface area contributed by atoms with Gasteiger partial charge in [0.2, 0.25) is 5.95 Å². The van der Waals surface area contributed by atoms with E-state index in [1.54, 1.807) is 24.3 Å². The molecule has 6 heteroatoms. The number of carbonyl (C=O) groups excluding carboxylic acids is 1. The molecule has 27 heavy (non-hydrogen) atoms. The van der Waals surface area contributed by atoms with Crippen molar-refractivity contribution in [3.05, 3.63) is 83.7 Å². The molecule has 0 aliphatic heterocycles. The minimum absolute atomic E-state index is 0.294. The molecule has 3 aromatic rings. The topological polar surface area (TPSA) is 81.9 Å². The second kappa shape index (κ2) is 8.59. The fraction of sp³-hybridized carbons (Fsp3) is 0.143. The number of anilines is 2. The summed E-state index contributed by atoms with van der Waals surface area (Å²) in [6.07, 6.45) is 3.05. The van der Waals surface area contributed by atoms with Gasteiger partial charge in [0.05, 0.1) is 17.2 Å². The van der Waals surface area contributed by atoms with Crippen LogP contribution in [0.1, 0.15) is 28.4 Å². The molecule has 1 aromatic heterocycles. The quantitative estimate of drug-likeness (QED) is 0.728. The van der Waals surface area contributed by atoms with E-state index in [2.05, 4.69) is 27.4 Å². The summed E-state index contributed by atoms with van der Waals surface area (Å²) in [5.41, 5.74) is 2.70. The van der Waals surface area contributed by atoms with Gasteiger partial charge in [0.25, 0.3) is 5.91 Å². The summed E-state index contributed by atoms with van der Waals surface area (Å²) < 4.78 is 0. The molecular formula is C21H19N5O. The molecule has 0 unspecified atom stereocenters. The second-order valence-corrected chi connectivity index (χ2v) is 5.91. The Balaban J connectivity index is 1.67. The highest BCUT2D eigenvalue weighted by atomic mass is 16.1. The van der Waals surface area contributed by atoms with Crippen LogP contribution in [0.5, 0.6) is 0 Å². The van der Waals surface area contributed by atoms with Crippen LogP contribution < -0.4 is 10.2 Å². The Morgan fingerprint density at radius 1 is 1.07 bits per heavy atom. The smallest absolute Gasteiger partial charge is 0.258 e. The molecule has 0 bridgehead atoms. The summed E-state index contributed by atoms with van der Waals surface area (Å²) in [7, 11) is 0. The molecule has 0 spiro atoms. The lowest BCUT2D eigenvalue weighted by atomic mass is 10.2. The molecule has 0 fully saturated rings. The van der Waals surface area contributed by atoms with Crippen molar-refractivity contribution >= 4 is 17.5 Å². The molecule has 0 saturated carbocycles. The van der Waals surface area contributed by atoms with Gasteiger partial charge in [-0.05, 0) is 36.8 Å². The third-order valence-electron chi connectivity index (χ3n) is 4.05. The highest BCUT2D eigenvalue weighted by molar-refractivity contribution is 6.03. The van der Waals surface area contributed by atoms with E-state index in [4.69, 9.17) is 5.26 Å². The van der Waals surface area contributed by atoms with Crippen LogP contribution in [0.25, 0.3) is 0 Å². The predicted molar refractivity (Wildman–Crippen MR) is 104 cm³/mol. The lowest BCUT2D eigenvalue weighted by molar-refractivity contribution is 0.102. The van der Waals surface area contributed by atoms with Crippen molar-refractivity contribution in [1.82, 2.24) is 9.97 Å². The molecule has 0 radical (unpaired) electrons. The lowest BCUT2D eigenvalue weighted by Crippen LogP contribution is -2.24. The van der Waals surface area contributed by atoms with E-state index in [1.165, 1.54) is 18.0 Å². The minimum Gasteiger partial charge on any atom is -0.337 e. The Labute approximate surface area is 158 Å². The van der Waals surface area contributed by atoms with Crippen molar-refractivity contribution in [2.24, 2.45) is 0 Å². The number of aromatic nitrogens is 2. The van der Waals surface area contributed by atoms with E-state index in [0.29, 0.717) is 29.3 Å². The first-order valence-electron chi connectivity index (χ1n) is 8.62. The lowest BCUT2D eigenvalue weighted by Gasteiger charge is -2.20. The normalized spacial score (nSPS) is 10.1. The van der Waals surface area contributed by atoms with Gasteiger partial charge in [0.1, 0.15) is 0 Å². The number of hydrogen-bond donors (Lipinski definition) is 1. The third-order valence-corrected chi connectivity index (χ3v) is 4.05. The average molecular weight is 357 g/mol. The zero-order valence-electron chi connectivity index (χ0n) is 15.0. The Kier molecular flexibility index (Phi) is 5.75. The summed E-state index contributed by atoms with van der Waals surface area (Å²) >= 11 is 0. The van der Waals surface area contributed by atoms with Gasteiger partial charge in [-0.15, -0.1) is 0 Å². The van der Waals surface area contributed by atoms with Gasteiger partial charge < -0.3 is 10.2 Å². The number of nitrogens with zero attached hydrogens (tertiary/aromatic N) is 4. The monoisotopic (exact) mass is 357 g/mol. The standard InChI is InChI=1S/C21H19N5O/c1-2-26(15-17-6-4-3-5-7-17)21-23-13-18(14-24-21)20(27)25-19-10-8-16(12-22)9-11-19/h3-11,13-14H,2,15H2,1H3,(H,25,27). The number of carbonyl (C=O) groups is 1. The fourth-order valence-electron chi connectivity index (χ4n) is 2.56. The van der Waals surface area contributed by atoms with Crippen molar-refractivity contribution in [3.8, 4) is 6.07 Å². The van der Waals surface area contributed by atoms with E-state index in [1.807, 2.05) is 36.1 Å². The zero-order valence-corrected chi connectivity index (χ0v) is 15.0. The molecule has 0 aliphatic rings. The van der Waals surface area contributed by atoms with Crippen molar-refractivity contribution in [2.75, 3.05) is 16.8 Å². The second-order valence-electron chi connectivity index (χ2n) is 5.91. The van der Waals surface area contributed by atoms with Gasteiger partial charge in [-0.25, -0.2) is 9.97 Å². The summed E-state index contributed by atoms with van der Waals surface area (Å²) in [4.78, 5) is 23.1. The molecular weight excluding hydrogens is 338 g/mol. The molecule has 1 N–H and O–H groups in total. The molecule has 2 aromatic carbocycles. The highest BCUT2D eigenvalue weighted by Gasteiger charge is 2.11. The number of hydrogen-bond acceptors (Lipinski definition) is 5. The van der Waals surface area contributed by atoms with Crippen molar-refractivity contribution in [2.45, 2.75) is 13.5 Å². The predicted octanol–water partition coefficient (Wildman–Crippen LogP) is 3.63. The molecule has 6 nitrogen and oxygen atoms in total. The van der Waals surface area contributed by atoms with E-state index in [-0.39, 0.29) is 5.91 Å². The van der Waals surface area contributed by atoms with Gasteiger partial charge in [-0.3, -0.25) is 4.79 Å². The molecule has 1 amide bonds. The van der Waals surface area contributed by atoms with Gasteiger partial charge in [0.15, 0.2) is 0 Å². The van der Waals surface area contributed by atoms with Gasteiger partial charge >= 0.3 is 0 Å². The summed E-state index contributed by atoms with van der Waals surface area (Å²) in [6, 6.07) is 18.8. The largest absolute Gasteiger partial charge is 0.337 e. The maximum absolute atomic E-state index is 12.3. The zero-order chi connectivity index (χ0) is 19.1. The van der Waals surface area contributed by atoms with Crippen LogP contribution in [0.15, 0.2) is 67.0 Å². The third kappa shape index (κ3) is 4.67. The fourth-order valence-corrected chi connectivity index (χ4v) is 2.56. The Morgan fingerprint density at radius 3 is 2.33 bits per heavy atom. The van der Waals surface area contributed by atoms with Crippen molar-refractivity contribution in [3.63, 3.8) is 0 Å². The summed E-state index contributed by atoms with van der Waals surface area (Å²) in [6.45, 7) is 3.50. The first-order chi connectivity index (χ1) is 13.2. The maximum Gasteiger partial charge on any atom is 0.258 e. The first-order valence-corrected chi connectivity index (χ1v) is 8.62. The van der Waals surface area contributed by atoms with Crippen LogP contribution in [0.2, 0.25) is 0 Å². The maximum atomic E-state index is 12.3. The van der Waals surface area contributed by atoms with E-state index in [0.717, 1.165) is 6.54 Å². The molecule has 1 heterocycles. The van der Waals surface area contributed by atoms with Crippen molar-refractivity contribution in [1.29, 1.82) is 5.26 Å². The van der Waals surface area contributed by atoms with Crippen LogP contribution in [-0.2, 0) is 6.54 Å². The number of nitriles is 1. The van der Waals surface area contributed by atoms with Gasteiger partial charge in [-0.1, -0.05) is 30.3 Å². The molecule has 0 saturated heterocycles. The van der Waals surface area contributed by atoms with Crippen LogP contribution in [0, 0.1) is 11.3 Å². The number of amides is 1. The SMILES string of the molecule is CCN(Cc1ccccc1)c1ncc(C(=O)Nc2ccc(C#N)cc2)cn1. The van der Waals surface area contributed by atoms with Crippen LogP contribution in [0.3, 0.4) is 0 Å². The van der Waals surface area contributed by atoms with Gasteiger partial charge in [-0.2, -0.15) is 5.26 Å². The number of nitrogens with one attached hydrogen (secondary N) is 1. The Bertz CT molecular complexity index is 931. The summed E-state index contributed by atoms with van der Waals surface area (Å²) in [5, 5.41) is 11.6. The van der Waals surface area contributed by atoms with Crippen LogP contribution >= 0.6 is 0 Å². The first kappa shape index (κ1) is 18.1. The molecule has 134 valence electrons. The molecule has 0 aliphatic carbocycles. The van der Waals surface area contributed by atoms with E-state index < -0.39 is 0 Å². The van der Waals surface area contributed by atoms with Crippen LogP contribution in [0.4, 0.5) is 11.6 Å². The van der Waals surface area contributed by atoms with Crippen molar-refractivity contribution < 1.29 is 4.79 Å². The minimum atomic E-state index is -0.294. The number of rotatable bonds is 6.